The van der Waals surface area contributed by atoms with Crippen LogP contribution >= 0.6 is 0 Å². The lowest BCUT2D eigenvalue weighted by Gasteiger charge is -2.24. The second-order valence-electron chi connectivity index (χ2n) is 4.69. The molecule has 2 N–H and O–H groups in total. The minimum Gasteiger partial charge on any atom is -0.402 e. The SMILES string of the molecule is CN1CCCN(C2=CCC(N)=CC=C2F)CC1. The molecule has 1 aliphatic carbocycles. The Bertz CT molecular complexity index is 371. The van der Waals surface area contributed by atoms with E-state index in [0.29, 0.717) is 17.8 Å². The van der Waals surface area contributed by atoms with Crippen molar-refractivity contribution in [2.45, 2.75) is 12.8 Å². The topological polar surface area (TPSA) is 32.5 Å². The monoisotopic (exact) mass is 237 g/mol. The molecule has 0 saturated carbocycles. The average Bonchev–Trinajstić information content (AvgIpc) is 2.60. The molecule has 3 nitrogen and oxygen atoms in total. The van der Waals surface area contributed by atoms with Crippen LogP contribution in [-0.4, -0.2) is 43.0 Å². The summed E-state index contributed by atoms with van der Waals surface area (Å²) in [6, 6.07) is 0. The van der Waals surface area contributed by atoms with E-state index >= 15 is 0 Å². The van der Waals surface area contributed by atoms with Gasteiger partial charge in [-0.2, -0.15) is 0 Å². The van der Waals surface area contributed by atoms with Crippen LogP contribution < -0.4 is 5.73 Å². The van der Waals surface area contributed by atoms with E-state index in [4.69, 9.17) is 5.73 Å². The van der Waals surface area contributed by atoms with Gasteiger partial charge in [0.2, 0.25) is 0 Å². The smallest absolute Gasteiger partial charge is 0.146 e. The van der Waals surface area contributed by atoms with E-state index < -0.39 is 0 Å². The lowest BCUT2D eigenvalue weighted by molar-refractivity contribution is 0.321. The van der Waals surface area contributed by atoms with Crippen molar-refractivity contribution in [1.82, 2.24) is 9.80 Å². The van der Waals surface area contributed by atoms with Crippen molar-refractivity contribution in [3.8, 4) is 0 Å². The highest BCUT2D eigenvalue weighted by Crippen LogP contribution is 2.22. The summed E-state index contributed by atoms with van der Waals surface area (Å²) >= 11 is 0. The minimum absolute atomic E-state index is 0.171. The van der Waals surface area contributed by atoms with Crippen LogP contribution in [0.2, 0.25) is 0 Å². The zero-order valence-electron chi connectivity index (χ0n) is 10.3. The van der Waals surface area contributed by atoms with Crippen molar-refractivity contribution >= 4 is 0 Å². The van der Waals surface area contributed by atoms with Gasteiger partial charge >= 0.3 is 0 Å². The number of hydrogen-bond donors (Lipinski definition) is 1. The normalized spacial score (nSPS) is 23.4. The molecule has 0 radical (unpaired) electrons. The molecule has 2 aliphatic rings. The second-order valence-corrected chi connectivity index (χ2v) is 4.69. The van der Waals surface area contributed by atoms with Crippen LogP contribution in [0.15, 0.2) is 35.4 Å². The van der Waals surface area contributed by atoms with Crippen LogP contribution in [0, 0.1) is 0 Å². The summed E-state index contributed by atoms with van der Waals surface area (Å²) in [5.41, 5.74) is 7.14. The summed E-state index contributed by atoms with van der Waals surface area (Å²) in [5.74, 6) is -0.171. The number of likely N-dealkylation sites (N-methyl/N-ethyl adjacent to an activating group) is 1. The largest absolute Gasteiger partial charge is 0.402 e. The van der Waals surface area contributed by atoms with Crippen molar-refractivity contribution < 1.29 is 4.39 Å². The molecule has 17 heavy (non-hydrogen) atoms. The zero-order valence-corrected chi connectivity index (χ0v) is 10.3. The quantitative estimate of drug-likeness (QED) is 0.752. The Balaban J connectivity index is 2.11. The Labute approximate surface area is 102 Å². The molecule has 0 aromatic heterocycles. The number of hydrogen-bond acceptors (Lipinski definition) is 3. The Morgan fingerprint density at radius 1 is 1.18 bits per heavy atom. The van der Waals surface area contributed by atoms with Gasteiger partial charge in [-0.05, 0) is 32.2 Å². The third kappa shape index (κ3) is 3.09. The Morgan fingerprint density at radius 2 is 2.00 bits per heavy atom. The van der Waals surface area contributed by atoms with Gasteiger partial charge < -0.3 is 15.5 Å². The van der Waals surface area contributed by atoms with Gasteiger partial charge in [0.1, 0.15) is 5.83 Å². The molecule has 1 aliphatic heterocycles. The minimum atomic E-state index is -0.171. The maximum Gasteiger partial charge on any atom is 0.146 e. The van der Waals surface area contributed by atoms with Gasteiger partial charge in [-0.3, -0.25) is 0 Å². The lowest BCUT2D eigenvalue weighted by Crippen LogP contribution is -2.28. The third-order valence-electron chi connectivity index (χ3n) is 3.28. The zero-order chi connectivity index (χ0) is 12.3. The molecule has 2 rings (SSSR count). The average molecular weight is 237 g/mol. The Kier molecular flexibility index (Phi) is 3.84. The molecule has 1 saturated heterocycles. The first-order chi connectivity index (χ1) is 8.16. The summed E-state index contributed by atoms with van der Waals surface area (Å²) in [4.78, 5) is 4.41. The van der Waals surface area contributed by atoms with Crippen LogP contribution in [0.3, 0.4) is 0 Å². The molecule has 1 heterocycles. The van der Waals surface area contributed by atoms with E-state index in [0.717, 1.165) is 32.6 Å². The van der Waals surface area contributed by atoms with Crippen molar-refractivity contribution in [2.75, 3.05) is 33.2 Å². The predicted molar refractivity (Wildman–Crippen MR) is 67.8 cm³/mol. The molecule has 0 aromatic rings. The van der Waals surface area contributed by atoms with E-state index in [1.165, 1.54) is 6.08 Å². The van der Waals surface area contributed by atoms with E-state index in [2.05, 4.69) is 16.8 Å². The summed E-state index contributed by atoms with van der Waals surface area (Å²) in [5, 5.41) is 0. The molecular weight excluding hydrogens is 217 g/mol. The first kappa shape index (κ1) is 12.2. The number of nitrogens with two attached hydrogens (primary N) is 1. The van der Waals surface area contributed by atoms with Crippen LogP contribution in [0.5, 0.6) is 0 Å². The maximum absolute atomic E-state index is 13.9. The first-order valence-electron chi connectivity index (χ1n) is 6.12. The van der Waals surface area contributed by atoms with Gasteiger partial charge in [0.15, 0.2) is 0 Å². The highest BCUT2D eigenvalue weighted by molar-refractivity contribution is 5.33. The number of halogens is 1. The third-order valence-corrected chi connectivity index (χ3v) is 3.28. The maximum atomic E-state index is 13.9. The summed E-state index contributed by atoms with van der Waals surface area (Å²) in [6.45, 7) is 3.85. The highest BCUT2D eigenvalue weighted by Gasteiger charge is 2.18. The fraction of sp³-hybridized carbons (Fsp3) is 0.538. The fourth-order valence-electron chi connectivity index (χ4n) is 2.21. The molecular formula is C13H20FN3. The van der Waals surface area contributed by atoms with Gasteiger partial charge in [-0.25, -0.2) is 4.39 Å². The molecule has 1 fully saturated rings. The van der Waals surface area contributed by atoms with Crippen molar-refractivity contribution in [3.05, 3.63) is 35.4 Å². The van der Waals surface area contributed by atoms with Gasteiger partial charge in [0.25, 0.3) is 0 Å². The van der Waals surface area contributed by atoms with Gasteiger partial charge in [-0.15, -0.1) is 0 Å². The molecule has 0 spiro atoms. The van der Waals surface area contributed by atoms with E-state index in [9.17, 15) is 4.39 Å². The first-order valence-corrected chi connectivity index (χ1v) is 6.12. The summed E-state index contributed by atoms with van der Waals surface area (Å²) in [7, 11) is 2.11. The highest BCUT2D eigenvalue weighted by atomic mass is 19.1. The van der Waals surface area contributed by atoms with Crippen LogP contribution in [0.1, 0.15) is 12.8 Å². The fourth-order valence-corrected chi connectivity index (χ4v) is 2.21. The number of rotatable bonds is 1. The molecule has 0 unspecified atom stereocenters. The molecule has 0 aromatic carbocycles. The Hall–Kier alpha value is -1.29. The molecule has 0 amide bonds. The molecule has 0 atom stereocenters. The van der Waals surface area contributed by atoms with Crippen molar-refractivity contribution in [1.29, 1.82) is 0 Å². The van der Waals surface area contributed by atoms with Crippen LogP contribution in [-0.2, 0) is 0 Å². The van der Waals surface area contributed by atoms with E-state index in [1.54, 1.807) is 6.08 Å². The van der Waals surface area contributed by atoms with E-state index in [-0.39, 0.29) is 5.83 Å². The van der Waals surface area contributed by atoms with Crippen LogP contribution in [0.25, 0.3) is 0 Å². The van der Waals surface area contributed by atoms with Crippen molar-refractivity contribution in [3.63, 3.8) is 0 Å². The van der Waals surface area contributed by atoms with Gasteiger partial charge in [0, 0.05) is 31.8 Å². The second kappa shape index (κ2) is 5.36. The summed E-state index contributed by atoms with van der Waals surface area (Å²) in [6.07, 6.45) is 6.73. The molecule has 94 valence electrons. The van der Waals surface area contributed by atoms with E-state index in [1.807, 2.05) is 6.08 Å². The van der Waals surface area contributed by atoms with Crippen molar-refractivity contribution in [2.24, 2.45) is 5.73 Å². The summed E-state index contributed by atoms with van der Waals surface area (Å²) < 4.78 is 13.9. The number of nitrogens with zero attached hydrogens (tertiary/aromatic N) is 2. The predicted octanol–water partition coefficient (Wildman–Crippen LogP) is 1.61. The Morgan fingerprint density at radius 3 is 2.82 bits per heavy atom. The van der Waals surface area contributed by atoms with Gasteiger partial charge in [0.05, 0.1) is 5.70 Å². The standard InChI is InChI=1S/C13H20FN3/c1-16-7-2-8-17(10-9-16)13-6-4-11(15)3-5-12(13)14/h3,5-6H,2,4,7-10,15H2,1H3. The van der Waals surface area contributed by atoms with Crippen LogP contribution in [0.4, 0.5) is 4.39 Å². The van der Waals surface area contributed by atoms with Gasteiger partial charge in [-0.1, -0.05) is 6.08 Å². The molecule has 4 heteroatoms. The number of allylic oxidation sites excluding steroid dienone is 4. The molecule has 0 bridgehead atoms. The lowest BCUT2D eigenvalue weighted by atomic mass is 10.2.